The second kappa shape index (κ2) is 6.64. The topological polar surface area (TPSA) is 102 Å². The molecule has 7 nitrogen and oxygen atoms in total. The number of Topliss-reactive ketones (excluding diaryl/α,β-unsaturated/α-hetero) is 1. The molecule has 4 aromatic rings. The second-order valence-corrected chi connectivity index (χ2v) is 6.74. The first-order valence-corrected chi connectivity index (χ1v) is 8.98. The number of benzene rings is 1. The van der Waals surface area contributed by atoms with Crippen LogP contribution in [0.3, 0.4) is 0 Å². The molecule has 0 atom stereocenters. The Morgan fingerprint density at radius 1 is 1.19 bits per heavy atom. The molecule has 0 bridgehead atoms. The molecule has 0 fully saturated rings. The van der Waals surface area contributed by atoms with Crippen molar-refractivity contribution in [3.63, 3.8) is 0 Å². The van der Waals surface area contributed by atoms with E-state index in [-0.39, 0.29) is 11.5 Å². The van der Waals surface area contributed by atoms with Crippen LogP contribution >= 0.6 is 11.8 Å². The third-order valence-electron chi connectivity index (χ3n) is 4.11. The van der Waals surface area contributed by atoms with Crippen molar-refractivity contribution in [1.82, 2.24) is 24.8 Å². The first-order valence-electron chi connectivity index (χ1n) is 7.99. The maximum atomic E-state index is 12.8. The molecular formula is C18H16N6OS. The van der Waals surface area contributed by atoms with E-state index in [1.54, 1.807) is 12.4 Å². The van der Waals surface area contributed by atoms with Crippen LogP contribution < -0.4 is 5.84 Å². The van der Waals surface area contributed by atoms with Gasteiger partial charge < -0.3 is 10.8 Å². The predicted molar refractivity (Wildman–Crippen MR) is 101 cm³/mol. The number of thioether (sulfide) groups is 1. The van der Waals surface area contributed by atoms with E-state index in [1.165, 1.54) is 16.4 Å². The van der Waals surface area contributed by atoms with Crippen molar-refractivity contribution in [3.8, 4) is 11.4 Å². The van der Waals surface area contributed by atoms with Crippen molar-refractivity contribution in [3.05, 3.63) is 60.0 Å². The number of H-pyrrole nitrogens is 1. The van der Waals surface area contributed by atoms with Crippen LogP contribution in [-0.4, -0.2) is 36.4 Å². The van der Waals surface area contributed by atoms with E-state index in [2.05, 4.69) is 20.2 Å². The lowest BCUT2D eigenvalue weighted by Gasteiger charge is -2.04. The van der Waals surface area contributed by atoms with Crippen LogP contribution in [0.4, 0.5) is 0 Å². The lowest BCUT2D eigenvalue weighted by molar-refractivity contribution is 0.102. The van der Waals surface area contributed by atoms with Crippen molar-refractivity contribution in [2.24, 2.45) is 0 Å². The van der Waals surface area contributed by atoms with E-state index >= 15 is 0 Å². The fourth-order valence-corrected chi connectivity index (χ4v) is 3.64. The Hall–Kier alpha value is -3.13. The number of ketones is 1. The van der Waals surface area contributed by atoms with Gasteiger partial charge in [-0.05, 0) is 25.1 Å². The van der Waals surface area contributed by atoms with Gasteiger partial charge in [-0.25, -0.2) is 4.68 Å². The minimum atomic E-state index is 0.0263. The molecule has 0 unspecified atom stereocenters. The predicted octanol–water partition coefficient (Wildman–Crippen LogP) is 2.82. The van der Waals surface area contributed by atoms with E-state index in [1.807, 2.05) is 43.3 Å². The number of hydrogen-bond acceptors (Lipinski definition) is 6. The zero-order chi connectivity index (χ0) is 18.1. The van der Waals surface area contributed by atoms with E-state index in [0.717, 1.165) is 22.2 Å². The number of aryl methyl sites for hydroxylation is 1. The average molecular weight is 364 g/mol. The van der Waals surface area contributed by atoms with Crippen LogP contribution in [0.25, 0.3) is 22.3 Å². The van der Waals surface area contributed by atoms with Crippen molar-refractivity contribution < 1.29 is 4.79 Å². The molecule has 0 radical (unpaired) electrons. The molecule has 8 heteroatoms. The molecule has 0 amide bonds. The standard InChI is InChI=1S/C18H16N6OS/c1-11-16(13-4-2-3-5-14(13)21-11)15(25)10-26-18-23-22-17(24(18)19)12-6-8-20-9-7-12/h2-9,21H,10,19H2,1H3. The number of nitrogen functional groups attached to an aromatic ring is 1. The number of pyridine rings is 1. The first kappa shape index (κ1) is 16.3. The third-order valence-corrected chi connectivity index (χ3v) is 5.05. The molecular weight excluding hydrogens is 348 g/mol. The molecule has 0 aliphatic carbocycles. The lowest BCUT2D eigenvalue weighted by atomic mass is 10.1. The Balaban J connectivity index is 1.55. The molecule has 0 saturated heterocycles. The van der Waals surface area contributed by atoms with Crippen LogP contribution in [0.1, 0.15) is 16.1 Å². The Bertz CT molecular complexity index is 1090. The normalized spacial score (nSPS) is 11.1. The summed E-state index contributed by atoms with van der Waals surface area (Å²) in [6, 6.07) is 11.4. The van der Waals surface area contributed by atoms with Gasteiger partial charge in [0.05, 0.1) is 5.75 Å². The van der Waals surface area contributed by atoms with Gasteiger partial charge in [0.2, 0.25) is 5.16 Å². The highest BCUT2D eigenvalue weighted by Crippen LogP contribution is 2.26. The van der Waals surface area contributed by atoms with Crippen molar-refractivity contribution in [2.75, 3.05) is 11.6 Å². The maximum absolute atomic E-state index is 12.8. The number of carbonyl (C=O) groups excluding carboxylic acids is 1. The second-order valence-electron chi connectivity index (χ2n) is 5.79. The summed E-state index contributed by atoms with van der Waals surface area (Å²) >= 11 is 1.27. The van der Waals surface area contributed by atoms with E-state index in [0.29, 0.717) is 16.5 Å². The number of nitrogens with zero attached hydrogens (tertiary/aromatic N) is 4. The van der Waals surface area contributed by atoms with Crippen LogP contribution in [0.2, 0.25) is 0 Å². The molecule has 0 aliphatic heterocycles. The Morgan fingerprint density at radius 3 is 2.77 bits per heavy atom. The van der Waals surface area contributed by atoms with Gasteiger partial charge in [0.25, 0.3) is 0 Å². The summed E-state index contributed by atoms with van der Waals surface area (Å²) in [4.78, 5) is 20.0. The number of fused-ring (bicyclic) bond motifs is 1. The molecule has 0 saturated carbocycles. The van der Waals surface area contributed by atoms with Crippen LogP contribution in [0.5, 0.6) is 0 Å². The molecule has 4 rings (SSSR count). The molecule has 26 heavy (non-hydrogen) atoms. The number of aromatic nitrogens is 5. The quantitative estimate of drug-likeness (QED) is 0.321. The van der Waals surface area contributed by atoms with Gasteiger partial charge in [0, 0.05) is 40.1 Å². The smallest absolute Gasteiger partial charge is 0.210 e. The van der Waals surface area contributed by atoms with Gasteiger partial charge in [-0.15, -0.1) is 10.2 Å². The molecule has 3 heterocycles. The van der Waals surface area contributed by atoms with Crippen LogP contribution in [0, 0.1) is 6.92 Å². The fourth-order valence-electron chi connectivity index (χ4n) is 2.91. The summed E-state index contributed by atoms with van der Waals surface area (Å²) in [5, 5.41) is 9.64. The minimum Gasteiger partial charge on any atom is -0.358 e. The highest BCUT2D eigenvalue weighted by atomic mass is 32.2. The lowest BCUT2D eigenvalue weighted by Crippen LogP contribution is -2.13. The highest BCUT2D eigenvalue weighted by molar-refractivity contribution is 7.99. The summed E-state index contributed by atoms with van der Waals surface area (Å²) in [5.41, 5.74) is 3.36. The zero-order valence-corrected chi connectivity index (χ0v) is 14.8. The number of rotatable bonds is 5. The summed E-state index contributed by atoms with van der Waals surface area (Å²) in [7, 11) is 0. The van der Waals surface area contributed by atoms with Crippen molar-refractivity contribution >= 4 is 28.4 Å². The number of nitrogens with one attached hydrogen (secondary N) is 1. The number of para-hydroxylation sites is 1. The number of hydrogen-bond donors (Lipinski definition) is 2. The maximum Gasteiger partial charge on any atom is 0.210 e. The van der Waals surface area contributed by atoms with E-state index < -0.39 is 0 Å². The van der Waals surface area contributed by atoms with Gasteiger partial charge in [0.15, 0.2) is 11.6 Å². The monoisotopic (exact) mass is 364 g/mol. The number of carbonyl (C=O) groups is 1. The highest BCUT2D eigenvalue weighted by Gasteiger charge is 2.18. The minimum absolute atomic E-state index is 0.0263. The fraction of sp³-hybridized carbons (Fsp3) is 0.111. The first-order chi connectivity index (χ1) is 12.6. The van der Waals surface area contributed by atoms with Crippen LogP contribution in [0.15, 0.2) is 53.9 Å². The van der Waals surface area contributed by atoms with Crippen molar-refractivity contribution in [2.45, 2.75) is 12.1 Å². The van der Waals surface area contributed by atoms with E-state index in [4.69, 9.17) is 5.84 Å². The van der Waals surface area contributed by atoms with Crippen LogP contribution in [-0.2, 0) is 0 Å². The molecule has 0 spiro atoms. The summed E-state index contributed by atoms with van der Waals surface area (Å²) in [6.07, 6.45) is 3.33. The molecule has 3 N–H and O–H groups in total. The SMILES string of the molecule is Cc1[nH]c2ccccc2c1C(=O)CSc1nnc(-c2ccncc2)n1N. The average Bonchev–Trinajstić information content (AvgIpc) is 3.19. The largest absolute Gasteiger partial charge is 0.358 e. The van der Waals surface area contributed by atoms with E-state index in [9.17, 15) is 4.79 Å². The summed E-state index contributed by atoms with van der Waals surface area (Å²) < 4.78 is 1.40. The molecule has 0 aliphatic rings. The van der Waals surface area contributed by atoms with Gasteiger partial charge in [-0.3, -0.25) is 9.78 Å². The summed E-state index contributed by atoms with van der Waals surface area (Å²) in [6.45, 7) is 1.91. The number of aromatic amines is 1. The Kier molecular flexibility index (Phi) is 4.18. The van der Waals surface area contributed by atoms with Gasteiger partial charge in [-0.2, -0.15) is 0 Å². The van der Waals surface area contributed by atoms with Gasteiger partial charge in [-0.1, -0.05) is 30.0 Å². The van der Waals surface area contributed by atoms with Crippen molar-refractivity contribution in [1.29, 1.82) is 0 Å². The Labute approximate surface area is 153 Å². The summed E-state index contributed by atoms with van der Waals surface area (Å²) in [5.74, 6) is 6.88. The molecule has 3 aromatic heterocycles. The van der Waals surface area contributed by atoms with Gasteiger partial charge in [0.1, 0.15) is 0 Å². The Morgan fingerprint density at radius 2 is 1.96 bits per heavy atom. The zero-order valence-electron chi connectivity index (χ0n) is 14.0. The number of nitrogens with two attached hydrogens (primary N) is 1. The molecule has 1 aromatic carbocycles. The molecule has 130 valence electrons. The van der Waals surface area contributed by atoms with Gasteiger partial charge >= 0.3 is 0 Å². The third kappa shape index (κ3) is 2.84.